The Bertz CT molecular complexity index is 1020. The van der Waals surface area contributed by atoms with Gasteiger partial charge in [0.15, 0.2) is 5.83 Å². The molecule has 0 bridgehead atoms. The van der Waals surface area contributed by atoms with Crippen molar-refractivity contribution in [1.82, 2.24) is 9.97 Å². The molecule has 1 aromatic heterocycles. The van der Waals surface area contributed by atoms with E-state index in [0.717, 1.165) is 31.5 Å². The minimum atomic E-state index is -4.80. The molecular weight excluding hydrogens is 431 g/mol. The summed E-state index contributed by atoms with van der Waals surface area (Å²) < 4.78 is 73.8. The molecule has 1 aliphatic rings. The summed E-state index contributed by atoms with van der Waals surface area (Å²) in [5.41, 5.74) is 1.26. The minimum Gasteiger partial charge on any atom is -0.385 e. The summed E-state index contributed by atoms with van der Waals surface area (Å²) in [5.74, 6) is -2.35. The van der Waals surface area contributed by atoms with Gasteiger partial charge in [0.05, 0.1) is 19.0 Å². The first-order chi connectivity index (χ1) is 13.9. The highest BCUT2D eigenvalue weighted by Gasteiger charge is 2.59. The number of nitrogens with zero attached hydrogens (tertiary/aromatic N) is 3. The van der Waals surface area contributed by atoms with Crippen LogP contribution < -0.4 is 5.73 Å². The molecule has 0 saturated carbocycles. The molecule has 2 N–H and O–H groups in total. The van der Waals surface area contributed by atoms with Gasteiger partial charge < -0.3 is 10.5 Å². The lowest BCUT2D eigenvalue weighted by Gasteiger charge is -2.41. The molecule has 0 aliphatic carbocycles. The van der Waals surface area contributed by atoms with Crippen LogP contribution >= 0.6 is 11.6 Å². The molecule has 5 nitrogen and oxygen atoms in total. The van der Waals surface area contributed by atoms with Crippen molar-refractivity contribution in [3.8, 4) is 0 Å². The number of aliphatic imine (C=N–C) groups is 1. The van der Waals surface area contributed by atoms with Crippen molar-refractivity contribution in [2.45, 2.75) is 31.2 Å². The van der Waals surface area contributed by atoms with E-state index in [4.69, 9.17) is 22.1 Å². The predicted octanol–water partition coefficient (Wildman–Crippen LogP) is 4.66. The first-order valence-corrected chi connectivity index (χ1v) is 8.95. The lowest BCUT2D eigenvalue weighted by atomic mass is 9.88. The number of halogens is 6. The quantitative estimate of drug-likeness (QED) is 0.696. The summed E-state index contributed by atoms with van der Waals surface area (Å²) in [5, 5.41) is 0.0853. The normalized spacial score (nSPS) is 25.2. The Kier molecular flexibility index (Phi) is 5.59. The number of nitrogens with two attached hydrogens (primary N) is 1. The summed E-state index contributed by atoms with van der Waals surface area (Å²) in [6.45, 7) is 1.55. The average molecular weight is 447 g/mol. The molecule has 11 heteroatoms. The molecule has 2 atom stereocenters. The zero-order valence-electron chi connectivity index (χ0n) is 15.8. The molecule has 0 saturated heterocycles. The van der Waals surface area contributed by atoms with E-state index >= 15 is 0 Å². The second-order valence-corrected chi connectivity index (χ2v) is 7.43. The van der Waals surface area contributed by atoms with Crippen molar-refractivity contribution in [3.63, 3.8) is 0 Å². The molecule has 2 heterocycles. The molecule has 0 amide bonds. The topological polar surface area (TPSA) is 73.4 Å². The number of amidine groups is 1. The maximum absolute atomic E-state index is 14.5. The highest BCUT2D eigenvalue weighted by molar-refractivity contribution is 6.29. The monoisotopic (exact) mass is 446 g/mol. The van der Waals surface area contributed by atoms with Crippen LogP contribution in [0.15, 0.2) is 35.6 Å². The highest BCUT2D eigenvalue weighted by Crippen LogP contribution is 2.41. The van der Waals surface area contributed by atoms with Gasteiger partial charge in [0.2, 0.25) is 5.60 Å². The third-order valence-corrected chi connectivity index (χ3v) is 4.96. The Balaban J connectivity index is 2.00. The van der Waals surface area contributed by atoms with E-state index < -0.39 is 41.4 Å². The van der Waals surface area contributed by atoms with Gasteiger partial charge in [-0.2, -0.15) is 13.2 Å². The first-order valence-electron chi connectivity index (χ1n) is 8.57. The van der Waals surface area contributed by atoms with Gasteiger partial charge in [-0.25, -0.2) is 18.7 Å². The van der Waals surface area contributed by atoms with Crippen LogP contribution in [0.3, 0.4) is 0 Å². The third kappa shape index (κ3) is 4.01. The molecule has 30 heavy (non-hydrogen) atoms. The van der Waals surface area contributed by atoms with Gasteiger partial charge in [-0.15, -0.1) is 0 Å². The lowest BCUT2D eigenvalue weighted by Crippen LogP contribution is -2.60. The zero-order valence-corrected chi connectivity index (χ0v) is 16.5. The molecule has 1 aromatic carbocycles. The van der Waals surface area contributed by atoms with Gasteiger partial charge in [0, 0.05) is 5.56 Å². The van der Waals surface area contributed by atoms with Crippen LogP contribution in [0.2, 0.25) is 5.15 Å². The van der Waals surface area contributed by atoms with Crippen LogP contribution in [0.1, 0.15) is 30.7 Å². The van der Waals surface area contributed by atoms with E-state index in [1.807, 2.05) is 0 Å². The van der Waals surface area contributed by atoms with E-state index in [9.17, 15) is 22.0 Å². The summed E-state index contributed by atoms with van der Waals surface area (Å²) in [6, 6.07) is 3.60. The van der Waals surface area contributed by atoms with Gasteiger partial charge >= 0.3 is 6.18 Å². The Labute approximate surface area is 173 Å². The number of alkyl halides is 3. The second-order valence-electron chi connectivity index (χ2n) is 7.05. The number of hydrogen-bond donors (Lipinski definition) is 1. The van der Waals surface area contributed by atoms with Gasteiger partial charge in [-0.1, -0.05) is 17.7 Å². The van der Waals surface area contributed by atoms with Gasteiger partial charge in [-0.05, 0) is 37.6 Å². The summed E-state index contributed by atoms with van der Waals surface area (Å²) in [7, 11) is 0. The van der Waals surface area contributed by atoms with Crippen LogP contribution in [0.5, 0.6) is 0 Å². The molecule has 0 spiro atoms. The molecule has 0 unspecified atom stereocenters. The Morgan fingerprint density at radius 3 is 2.50 bits per heavy atom. The maximum Gasteiger partial charge on any atom is 0.424 e. The van der Waals surface area contributed by atoms with Crippen LogP contribution in [-0.4, -0.2) is 34.2 Å². The third-order valence-electron chi connectivity index (χ3n) is 4.77. The fourth-order valence-corrected chi connectivity index (χ4v) is 2.93. The number of rotatable bonds is 3. The SMILES string of the molecule is C[C@@]1(c2cc(/C=C(\F)c3cnc(Cl)cn3)ccc2F)CO[C@@](C)(C(F)(F)F)C(N)=N1. The Hall–Kier alpha value is -2.59. The van der Waals surface area contributed by atoms with Crippen molar-refractivity contribution in [1.29, 1.82) is 0 Å². The van der Waals surface area contributed by atoms with Crippen molar-refractivity contribution in [2.24, 2.45) is 10.7 Å². The van der Waals surface area contributed by atoms with E-state index in [1.54, 1.807) is 0 Å². The highest BCUT2D eigenvalue weighted by atomic mass is 35.5. The largest absolute Gasteiger partial charge is 0.424 e. The molecular formula is C19H16ClF5N4O. The van der Waals surface area contributed by atoms with Crippen molar-refractivity contribution < 1.29 is 26.7 Å². The molecule has 0 fully saturated rings. The Morgan fingerprint density at radius 2 is 1.93 bits per heavy atom. The Morgan fingerprint density at radius 1 is 1.23 bits per heavy atom. The van der Waals surface area contributed by atoms with E-state index in [-0.39, 0.29) is 22.0 Å². The van der Waals surface area contributed by atoms with Crippen molar-refractivity contribution in [3.05, 3.63) is 58.4 Å². The molecule has 2 aromatic rings. The zero-order chi connectivity index (χ0) is 22.3. The predicted molar refractivity (Wildman–Crippen MR) is 102 cm³/mol. The fourth-order valence-electron chi connectivity index (χ4n) is 2.83. The average Bonchev–Trinajstić information content (AvgIpc) is 2.66. The fraction of sp³-hybridized carbons (Fsp3) is 0.316. The second kappa shape index (κ2) is 7.59. The van der Waals surface area contributed by atoms with Gasteiger partial charge in [-0.3, -0.25) is 4.99 Å². The van der Waals surface area contributed by atoms with Crippen molar-refractivity contribution in [2.75, 3.05) is 6.61 Å². The smallest absolute Gasteiger partial charge is 0.385 e. The van der Waals surface area contributed by atoms with Crippen LogP contribution in [0.25, 0.3) is 11.9 Å². The number of hydrogen-bond acceptors (Lipinski definition) is 5. The van der Waals surface area contributed by atoms with Gasteiger partial charge in [0.1, 0.15) is 28.0 Å². The summed E-state index contributed by atoms with van der Waals surface area (Å²) in [4.78, 5) is 11.4. The number of aromatic nitrogens is 2. The molecule has 160 valence electrons. The van der Waals surface area contributed by atoms with E-state index in [0.29, 0.717) is 0 Å². The van der Waals surface area contributed by atoms with E-state index in [2.05, 4.69) is 15.0 Å². The van der Waals surface area contributed by atoms with Gasteiger partial charge in [0.25, 0.3) is 0 Å². The molecule has 0 radical (unpaired) electrons. The standard InChI is InChI=1S/C19H16ClF5N4O/c1-17(9-30-18(2,16(26)29-17)19(23,24)25)11-5-10(3-4-12(11)21)6-13(22)14-7-28-15(20)8-27-14/h3-8H,9H2,1-2H3,(H2,26,29)/b13-6-/t17-,18+/m0/s1. The van der Waals surface area contributed by atoms with Crippen LogP contribution in [0.4, 0.5) is 22.0 Å². The van der Waals surface area contributed by atoms with Crippen LogP contribution in [0, 0.1) is 5.82 Å². The van der Waals surface area contributed by atoms with Crippen LogP contribution in [-0.2, 0) is 10.3 Å². The number of ether oxygens (including phenoxy) is 1. The summed E-state index contributed by atoms with van der Waals surface area (Å²) in [6.07, 6.45) is -1.44. The van der Waals surface area contributed by atoms with E-state index in [1.165, 1.54) is 19.1 Å². The van der Waals surface area contributed by atoms with Crippen molar-refractivity contribution >= 4 is 29.3 Å². The lowest BCUT2D eigenvalue weighted by molar-refractivity contribution is -0.249. The molecule has 3 rings (SSSR count). The minimum absolute atomic E-state index is 0.0853. The summed E-state index contributed by atoms with van der Waals surface area (Å²) >= 11 is 5.61. The molecule has 1 aliphatic heterocycles. The first kappa shape index (κ1) is 22.1. The maximum atomic E-state index is 14.5. The number of benzene rings is 1.